The van der Waals surface area contributed by atoms with Gasteiger partial charge in [0, 0.05) is 31.8 Å². The molecule has 1 fully saturated rings. The van der Waals surface area contributed by atoms with Crippen LogP contribution in [0, 0.1) is 0 Å². The highest BCUT2D eigenvalue weighted by atomic mass is 16.3. The number of likely N-dealkylation sites (tertiary alicyclic amines) is 1. The normalized spacial score (nSPS) is 16.9. The number of hydrogen-bond acceptors (Lipinski definition) is 3. The van der Waals surface area contributed by atoms with E-state index < -0.39 is 0 Å². The lowest BCUT2D eigenvalue weighted by molar-refractivity contribution is 0.0641. The number of rotatable bonds is 6. The Morgan fingerprint density at radius 3 is 2.61 bits per heavy atom. The highest BCUT2D eigenvalue weighted by Crippen LogP contribution is 2.25. The van der Waals surface area contributed by atoms with Gasteiger partial charge in [0.25, 0.3) is 5.91 Å². The zero-order valence-electron chi connectivity index (χ0n) is 15.9. The molecule has 0 spiro atoms. The first kappa shape index (κ1) is 18.3. The molecule has 4 rings (SSSR count). The smallest absolute Gasteiger partial charge is 0.294 e. The molecule has 2 aromatic rings. The Bertz CT molecular complexity index is 922. The fourth-order valence-corrected chi connectivity index (χ4v) is 3.83. The second-order valence-electron chi connectivity index (χ2n) is 7.15. The molecule has 4 heteroatoms. The van der Waals surface area contributed by atoms with Gasteiger partial charge >= 0.3 is 0 Å². The van der Waals surface area contributed by atoms with E-state index in [0.29, 0.717) is 5.76 Å². The number of piperidine rings is 1. The molecule has 0 atom stereocenters. The summed E-state index contributed by atoms with van der Waals surface area (Å²) in [4.78, 5) is 17.5. The van der Waals surface area contributed by atoms with Crippen molar-refractivity contribution in [2.45, 2.75) is 25.3 Å². The number of allylic oxidation sites excluding steroid dienone is 3. The summed E-state index contributed by atoms with van der Waals surface area (Å²) in [5.74, 6) is 0.284. The quantitative estimate of drug-likeness (QED) is 0.714. The summed E-state index contributed by atoms with van der Waals surface area (Å²) < 4.78 is 5.38. The van der Waals surface area contributed by atoms with Crippen molar-refractivity contribution >= 4 is 5.91 Å². The molecule has 2 aliphatic rings. The molecule has 28 heavy (non-hydrogen) atoms. The van der Waals surface area contributed by atoms with Gasteiger partial charge in [0.2, 0.25) is 0 Å². The summed E-state index contributed by atoms with van der Waals surface area (Å²) in [5, 5.41) is 0. The van der Waals surface area contributed by atoms with E-state index in [1.165, 1.54) is 5.56 Å². The molecule has 1 aromatic carbocycles. The molecule has 2 heterocycles. The van der Waals surface area contributed by atoms with E-state index in [4.69, 9.17) is 4.42 Å². The molecule has 142 valence electrons. The Morgan fingerprint density at radius 2 is 1.93 bits per heavy atom. The van der Waals surface area contributed by atoms with E-state index in [2.05, 4.69) is 46.7 Å². The van der Waals surface area contributed by atoms with Crippen molar-refractivity contribution in [1.82, 2.24) is 9.80 Å². The number of carbonyl (C=O) groups is 1. The van der Waals surface area contributed by atoms with Crippen molar-refractivity contribution < 1.29 is 9.21 Å². The van der Waals surface area contributed by atoms with Crippen LogP contribution in [-0.2, 0) is 6.42 Å². The fraction of sp³-hybridized carbons (Fsp3) is 0.292. The maximum absolute atomic E-state index is 13.1. The molecule has 4 nitrogen and oxygen atoms in total. The SMILES string of the molecule is O=C(c1ccco1)N(C1=CC=C=C=C1)C1CCN(CCc2ccccc2)CC1. The van der Waals surface area contributed by atoms with Gasteiger partial charge in [-0.3, -0.25) is 4.79 Å². The van der Waals surface area contributed by atoms with Crippen molar-refractivity contribution in [3.05, 3.63) is 95.4 Å². The molecule has 0 N–H and O–H groups in total. The number of carbonyl (C=O) groups excluding carboxylic acids is 1. The highest BCUT2D eigenvalue weighted by Gasteiger charge is 2.31. The van der Waals surface area contributed by atoms with Gasteiger partial charge in [-0.25, -0.2) is 0 Å². The molecule has 0 bridgehead atoms. The second-order valence-corrected chi connectivity index (χ2v) is 7.15. The summed E-state index contributed by atoms with van der Waals surface area (Å²) >= 11 is 0. The monoisotopic (exact) mass is 372 g/mol. The molecule has 1 aromatic heterocycles. The topological polar surface area (TPSA) is 36.7 Å². The zero-order chi connectivity index (χ0) is 19.2. The average Bonchev–Trinajstić information content (AvgIpc) is 3.30. The van der Waals surface area contributed by atoms with Crippen LogP contribution in [0.2, 0.25) is 0 Å². The Labute approximate surface area is 165 Å². The minimum absolute atomic E-state index is 0.0904. The number of furan rings is 1. The molecule has 1 aliphatic heterocycles. The van der Waals surface area contributed by atoms with Gasteiger partial charge in [0.05, 0.1) is 12.0 Å². The Balaban J connectivity index is 1.41. The minimum Gasteiger partial charge on any atom is -0.459 e. The van der Waals surface area contributed by atoms with Crippen LogP contribution in [0.1, 0.15) is 29.0 Å². The number of nitrogens with zero attached hydrogens (tertiary/aromatic N) is 2. The summed E-state index contributed by atoms with van der Waals surface area (Å²) in [5.41, 5.74) is 8.10. The van der Waals surface area contributed by atoms with E-state index in [-0.39, 0.29) is 11.9 Å². The highest BCUT2D eigenvalue weighted by molar-refractivity contribution is 5.93. The molecule has 1 aliphatic carbocycles. The van der Waals surface area contributed by atoms with Crippen LogP contribution >= 0.6 is 0 Å². The predicted octanol–water partition coefficient (Wildman–Crippen LogP) is 4.19. The van der Waals surface area contributed by atoms with Gasteiger partial charge in [-0.15, -0.1) is 0 Å². The van der Waals surface area contributed by atoms with Gasteiger partial charge in [-0.1, -0.05) is 41.8 Å². The van der Waals surface area contributed by atoms with Crippen molar-refractivity contribution in [2.24, 2.45) is 0 Å². The van der Waals surface area contributed by atoms with Crippen LogP contribution in [0.15, 0.2) is 88.5 Å². The van der Waals surface area contributed by atoms with Crippen molar-refractivity contribution in [2.75, 3.05) is 19.6 Å². The summed E-state index contributed by atoms with van der Waals surface area (Å²) in [6, 6.07) is 14.2. The maximum Gasteiger partial charge on any atom is 0.294 e. The molecule has 1 saturated heterocycles. The predicted molar refractivity (Wildman–Crippen MR) is 109 cm³/mol. The molecular weight excluding hydrogens is 348 g/mol. The van der Waals surface area contributed by atoms with Crippen molar-refractivity contribution in [3.8, 4) is 0 Å². The van der Waals surface area contributed by atoms with Gasteiger partial charge < -0.3 is 14.2 Å². The first-order valence-electron chi connectivity index (χ1n) is 9.82. The van der Waals surface area contributed by atoms with Crippen molar-refractivity contribution in [1.29, 1.82) is 0 Å². The van der Waals surface area contributed by atoms with Crippen LogP contribution in [0.3, 0.4) is 0 Å². The third-order valence-corrected chi connectivity index (χ3v) is 5.35. The lowest BCUT2D eigenvalue weighted by Crippen LogP contribution is -2.47. The van der Waals surface area contributed by atoms with Crippen LogP contribution < -0.4 is 0 Å². The first-order valence-corrected chi connectivity index (χ1v) is 9.82. The zero-order valence-corrected chi connectivity index (χ0v) is 15.9. The van der Waals surface area contributed by atoms with E-state index in [1.807, 2.05) is 17.1 Å². The van der Waals surface area contributed by atoms with E-state index in [9.17, 15) is 4.79 Å². The number of amides is 1. The maximum atomic E-state index is 13.1. The van der Waals surface area contributed by atoms with Crippen molar-refractivity contribution in [3.63, 3.8) is 0 Å². The lowest BCUT2D eigenvalue weighted by atomic mass is 10.0. The Hall–Kier alpha value is -3.03. The average molecular weight is 372 g/mol. The standard InChI is InChI=1S/C24H24N2O2/c27-24(23-12-7-19-28-23)26(21-10-5-2-6-11-21)22-14-17-25(18-15-22)16-13-20-8-3-1-4-9-20/h1,3-5,7-12,19,22H,13-18H2. The minimum atomic E-state index is -0.0904. The number of benzene rings is 1. The molecular formula is C24H24N2O2. The Morgan fingerprint density at radius 1 is 1.11 bits per heavy atom. The molecule has 0 saturated carbocycles. The largest absolute Gasteiger partial charge is 0.459 e. The summed E-state index contributed by atoms with van der Waals surface area (Å²) in [7, 11) is 0. The summed E-state index contributed by atoms with van der Waals surface area (Å²) in [6.45, 7) is 3.03. The van der Waals surface area contributed by atoms with E-state index in [0.717, 1.165) is 44.6 Å². The van der Waals surface area contributed by atoms with Gasteiger partial charge in [0.15, 0.2) is 5.76 Å². The van der Waals surface area contributed by atoms with Crippen LogP contribution in [-0.4, -0.2) is 41.4 Å². The third kappa shape index (κ3) is 4.27. The van der Waals surface area contributed by atoms with Gasteiger partial charge in [0.1, 0.15) is 0 Å². The fourth-order valence-electron chi connectivity index (χ4n) is 3.83. The number of hydrogen-bond donors (Lipinski definition) is 0. The van der Waals surface area contributed by atoms with Crippen LogP contribution in [0.4, 0.5) is 0 Å². The van der Waals surface area contributed by atoms with E-state index in [1.54, 1.807) is 24.5 Å². The second kappa shape index (κ2) is 8.77. The lowest BCUT2D eigenvalue weighted by Gasteiger charge is -2.38. The van der Waals surface area contributed by atoms with Gasteiger partial charge in [-0.2, -0.15) is 0 Å². The Kier molecular flexibility index (Phi) is 5.75. The molecule has 1 amide bonds. The van der Waals surface area contributed by atoms with E-state index >= 15 is 0 Å². The molecule has 0 unspecified atom stereocenters. The summed E-state index contributed by atoms with van der Waals surface area (Å²) in [6.07, 6.45) is 10.0. The first-order chi connectivity index (χ1) is 13.8. The third-order valence-electron chi connectivity index (χ3n) is 5.35. The van der Waals surface area contributed by atoms with Crippen LogP contribution in [0.25, 0.3) is 0 Å². The van der Waals surface area contributed by atoms with Gasteiger partial charge in [-0.05, 0) is 49.1 Å². The molecule has 0 radical (unpaired) electrons. The van der Waals surface area contributed by atoms with Crippen LogP contribution in [0.5, 0.6) is 0 Å².